The van der Waals surface area contributed by atoms with Gasteiger partial charge in [-0.2, -0.15) is 0 Å². The molecule has 0 amide bonds. The number of hydrogen-bond acceptors (Lipinski definition) is 5. The van der Waals surface area contributed by atoms with Crippen molar-refractivity contribution in [2.45, 2.75) is 51.6 Å². The third kappa shape index (κ3) is 4.15. The van der Waals surface area contributed by atoms with Crippen LogP contribution in [0.4, 0.5) is 11.4 Å². The molecule has 2 rings (SSSR count). The van der Waals surface area contributed by atoms with Gasteiger partial charge in [0.25, 0.3) is 5.69 Å². The summed E-state index contributed by atoms with van der Waals surface area (Å²) in [5.41, 5.74) is 1.40. The minimum atomic E-state index is -0.381. The second-order valence-corrected chi connectivity index (χ2v) is 5.52. The summed E-state index contributed by atoms with van der Waals surface area (Å²) in [6, 6.07) is 5.13. The number of nitrogens with zero attached hydrogens (tertiary/aromatic N) is 1. The highest BCUT2D eigenvalue weighted by Crippen LogP contribution is 2.27. The maximum atomic E-state index is 11.0. The first-order chi connectivity index (χ1) is 9.99. The molecule has 1 aliphatic heterocycles. The minimum Gasteiger partial charge on any atom is -0.383 e. The fraction of sp³-hybridized carbons (Fsp3) is 0.600. The van der Waals surface area contributed by atoms with Crippen molar-refractivity contribution in [2.75, 3.05) is 12.4 Å². The molecule has 1 aromatic carbocycles. The Labute approximate surface area is 124 Å². The molecule has 1 aliphatic rings. The number of rotatable bonds is 5. The van der Waals surface area contributed by atoms with Crippen LogP contribution in [0.5, 0.6) is 0 Å². The summed E-state index contributed by atoms with van der Waals surface area (Å²) < 4.78 is 11.6. The summed E-state index contributed by atoms with van der Waals surface area (Å²) in [6.45, 7) is 4.46. The minimum absolute atomic E-state index is 0.0762. The van der Waals surface area contributed by atoms with Gasteiger partial charge >= 0.3 is 0 Å². The third-order valence-electron chi connectivity index (χ3n) is 3.67. The van der Waals surface area contributed by atoms with Gasteiger partial charge in [0.2, 0.25) is 0 Å². The van der Waals surface area contributed by atoms with Crippen LogP contribution in [-0.2, 0) is 16.1 Å². The normalized spacial score (nSPS) is 25.6. The van der Waals surface area contributed by atoms with Crippen molar-refractivity contribution in [1.82, 2.24) is 0 Å². The lowest BCUT2D eigenvalue weighted by Gasteiger charge is -2.32. The highest BCUT2D eigenvalue weighted by atomic mass is 16.6. The molecule has 2 unspecified atom stereocenters. The molecule has 116 valence electrons. The van der Waals surface area contributed by atoms with E-state index in [9.17, 15) is 10.1 Å². The molecule has 1 fully saturated rings. The van der Waals surface area contributed by atoms with Crippen LogP contribution < -0.4 is 5.32 Å². The lowest BCUT2D eigenvalue weighted by molar-refractivity contribution is -0.384. The number of anilines is 1. The number of ether oxygens (including phenoxy) is 2. The Morgan fingerprint density at radius 3 is 2.62 bits per heavy atom. The molecule has 0 aliphatic carbocycles. The molecule has 6 nitrogen and oxygen atoms in total. The van der Waals surface area contributed by atoms with Gasteiger partial charge in [-0.25, -0.2) is 0 Å². The monoisotopic (exact) mass is 294 g/mol. The smallest absolute Gasteiger partial charge is 0.292 e. The van der Waals surface area contributed by atoms with Crippen LogP contribution in [-0.4, -0.2) is 30.3 Å². The van der Waals surface area contributed by atoms with Crippen LogP contribution in [0.25, 0.3) is 0 Å². The second kappa shape index (κ2) is 6.87. The van der Waals surface area contributed by atoms with Gasteiger partial charge < -0.3 is 14.8 Å². The lowest BCUT2D eigenvalue weighted by atomic mass is 10.0. The van der Waals surface area contributed by atoms with E-state index in [2.05, 4.69) is 5.32 Å². The number of benzene rings is 1. The standard InChI is InChI=1S/C15H22N2O4/c1-10-6-13(7-11(2)21-10)20-9-12-4-5-14(16-3)15(8-12)17(18)19/h4-5,8,10-11,13,16H,6-7,9H2,1-3H3. The molecule has 6 heteroatoms. The van der Waals surface area contributed by atoms with Crippen molar-refractivity contribution in [2.24, 2.45) is 0 Å². The third-order valence-corrected chi connectivity index (χ3v) is 3.67. The van der Waals surface area contributed by atoms with Crippen molar-refractivity contribution >= 4 is 11.4 Å². The Bertz CT molecular complexity index is 496. The molecule has 1 N–H and O–H groups in total. The van der Waals surface area contributed by atoms with Crippen LogP contribution in [0.1, 0.15) is 32.3 Å². The molecule has 1 aromatic rings. The number of nitrogens with one attached hydrogen (secondary N) is 1. The molecule has 0 spiro atoms. The summed E-state index contributed by atoms with van der Waals surface area (Å²) in [4.78, 5) is 10.7. The molecule has 2 atom stereocenters. The SMILES string of the molecule is CNc1ccc(COC2CC(C)OC(C)C2)cc1[N+](=O)[O-]. The van der Waals surface area contributed by atoms with E-state index in [0.29, 0.717) is 12.3 Å². The van der Waals surface area contributed by atoms with Crippen molar-refractivity contribution in [3.63, 3.8) is 0 Å². The molecule has 21 heavy (non-hydrogen) atoms. The van der Waals surface area contributed by atoms with E-state index in [4.69, 9.17) is 9.47 Å². The van der Waals surface area contributed by atoms with Gasteiger partial charge in [-0.3, -0.25) is 10.1 Å². The number of nitro benzene ring substituents is 1. The topological polar surface area (TPSA) is 73.6 Å². The van der Waals surface area contributed by atoms with E-state index in [1.54, 1.807) is 19.2 Å². The van der Waals surface area contributed by atoms with Crippen LogP contribution >= 0.6 is 0 Å². The van der Waals surface area contributed by atoms with E-state index in [1.165, 1.54) is 0 Å². The van der Waals surface area contributed by atoms with Gasteiger partial charge in [0, 0.05) is 13.1 Å². The highest BCUT2D eigenvalue weighted by Gasteiger charge is 2.25. The fourth-order valence-electron chi connectivity index (χ4n) is 2.72. The molecular weight excluding hydrogens is 272 g/mol. The summed E-state index contributed by atoms with van der Waals surface area (Å²) in [5.74, 6) is 0. The van der Waals surface area contributed by atoms with Gasteiger partial charge in [-0.15, -0.1) is 0 Å². The summed E-state index contributed by atoms with van der Waals surface area (Å²) in [5, 5.41) is 13.9. The van der Waals surface area contributed by atoms with Crippen molar-refractivity contribution in [1.29, 1.82) is 0 Å². The molecule has 0 aromatic heterocycles. The van der Waals surface area contributed by atoms with Gasteiger partial charge in [-0.05, 0) is 38.3 Å². The van der Waals surface area contributed by atoms with E-state index in [1.807, 2.05) is 19.9 Å². The van der Waals surface area contributed by atoms with Crippen LogP contribution in [0.2, 0.25) is 0 Å². The number of nitro groups is 1. The zero-order chi connectivity index (χ0) is 15.4. The number of hydrogen-bond donors (Lipinski definition) is 1. The maximum absolute atomic E-state index is 11.0. The predicted molar refractivity (Wildman–Crippen MR) is 80.5 cm³/mol. The fourth-order valence-corrected chi connectivity index (χ4v) is 2.72. The quantitative estimate of drug-likeness (QED) is 0.667. The average Bonchev–Trinajstić information content (AvgIpc) is 2.43. The molecule has 0 saturated carbocycles. The zero-order valence-corrected chi connectivity index (χ0v) is 12.7. The van der Waals surface area contributed by atoms with Crippen LogP contribution in [0, 0.1) is 10.1 Å². The van der Waals surface area contributed by atoms with Gasteiger partial charge in [0.1, 0.15) is 5.69 Å². The Hall–Kier alpha value is -1.66. The first kappa shape index (κ1) is 15.7. The van der Waals surface area contributed by atoms with E-state index in [-0.39, 0.29) is 28.9 Å². The summed E-state index contributed by atoms with van der Waals surface area (Å²) in [6.07, 6.45) is 2.26. The van der Waals surface area contributed by atoms with Crippen molar-refractivity contribution in [3.05, 3.63) is 33.9 Å². The van der Waals surface area contributed by atoms with Crippen molar-refractivity contribution in [3.8, 4) is 0 Å². The predicted octanol–water partition coefficient (Wildman–Crippen LogP) is 3.11. The molecule has 0 bridgehead atoms. The Balaban J connectivity index is 2.00. The maximum Gasteiger partial charge on any atom is 0.292 e. The molecule has 0 radical (unpaired) electrons. The summed E-state index contributed by atoms with van der Waals surface area (Å²) in [7, 11) is 1.67. The van der Waals surface area contributed by atoms with E-state index < -0.39 is 0 Å². The van der Waals surface area contributed by atoms with Gasteiger partial charge in [0.15, 0.2) is 0 Å². The average molecular weight is 294 g/mol. The molecule has 1 heterocycles. The second-order valence-electron chi connectivity index (χ2n) is 5.52. The lowest BCUT2D eigenvalue weighted by Crippen LogP contribution is -2.33. The zero-order valence-electron chi connectivity index (χ0n) is 12.7. The molecular formula is C15H22N2O4. The first-order valence-electron chi connectivity index (χ1n) is 7.21. The van der Waals surface area contributed by atoms with Crippen molar-refractivity contribution < 1.29 is 14.4 Å². The first-order valence-corrected chi connectivity index (χ1v) is 7.21. The molecule has 1 saturated heterocycles. The highest BCUT2D eigenvalue weighted by molar-refractivity contribution is 5.62. The van der Waals surface area contributed by atoms with Gasteiger partial charge in [-0.1, -0.05) is 6.07 Å². The van der Waals surface area contributed by atoms with Gasteiger partial charge in [0.05, 0.1) is 29.8 Å². The summed E-state index contributed by atoms with van der Waals surface area (Å²) >= 11 is 0. The van der Waals surface area contributed by atoms with Crippen LogP contribution in [0.3, 0.4) is 0 Å². The van der Waals surface area contributed by atoms with E-state index in [0.717, 1.165) is 18.4 Å². The largest absolute Gasteiger partial charge is 0.383 e. The van der Waals surface area contributed by atoms with E-state index >= 15 is 0 Å². The Kier molecular flexibility index (Phi) is 5.14. The Morgan fingerprint density at radius 2 is 2.05 bits per heavy atom. The van der Waals surface area contributed by atoms with Crippen LogP contribution in [0.15, 0.2) is 18.2 Å². The Morgan fingerprint density at radius 1 is 1.38 bits per heavy atom.